The van der Waals surface area contributed by atoms with Crippen LogP contribution in [0.25, 0.3) is 0 Å². The van der Waals surface area contributed by atoms with E-state index in [0.717, 1.165) is 31.4 Å². The molecule has 3 N–H and O–H groups in total. The van der Waals surface area contributed by atoms with Crippen LogP contribution in [0.15, 0.2) is 41.5 Å². The van der Waals surface area contributed by atoms with Crippen molar-refractivity contribution in [1.29, 1.82) is 0 Å². The van der Waals surface area contributed by atoms with Gasteiger partial charge in [-0.2, -0.15) is 0 Å². The Bertz CT molecular complexity index is 936. The molecule has 2 atom stereocenters. The van der Waals surface area contributed by atoms with E-state index in [4.69, 9.17) is 22.3 Å². The molecule has 2 aliphatic rings. The number of nitrogens with two attached hydrogens (primary N) is 1. The molecule has 0 radical (unpaired) electrons. The number of aromatic nitrogens is 1. The van der Waals surface area contributed by atoms with Crippen molar-refractivity contribution in [1.82, 2.24) is 4.98 Å². The number of hydrogen-bond donors (Lipinski definition) is 2. The van der Waals surface area contributed by atoms with Crippen LogP contribution in [0.2, 0.25) is 5.02 Å². The minimum atomic E-state index is -0.656. The lowest BCUT2D eigenvalue weighted by molar-refractivity contribution is 0.102. The topological polar surface area (TPSA) is 80.4 Å². The molecule has 1 aliphatic carbocycles. The molecule has 0 bridgehead atoms. The van der Waals surface area contributed by atoms with E-state index < -0.39 is 5.54 Å². The molecule has 28 heavy (non-hydrogen) atoms. The number of fused-ring (bicyclic) bond motifs is 1. The quantitative estimate of drug-likeness (QED) is 0.764. The Morgan fingerprint density at radius 2 is 2.18 bits per heavy atom. The molecule has 1 aromatic carbocycles. The van der Waals surface area contributed by atoms with Gasteiger partial charge in [-0.25, -0.2) is 9.37 Å². The molecule has 1 aliphatic heterocycles. The Labute approximate surface area is 172 Å². The van der Waals surface area contributed by atoms with Gasteiger partial charge in [0, 0.05) is 23.2 Å². The van der Waals surface area contributed by atoms with Crippen LogP contribution in [0.1, 0.15) is 41.7 Å². The minimum absolute atomic E-state index is 0.233. The number of nitrogens with zero attached hydrogens (tertiary/aromatic N) is 2. The van der Waals surface area contributed by atoms with E-state index in [1.165, 1.54) is 24.0 Å². The molecule has 0 saturated heterocycles. The van der Waals surface area contributed by atoms with Gasteiger partial charge in [-0.1, -0.05) is 36.2 Å². The van der Waals surface area contributed by atoms with E-state index in [1.54, 1.807) is 24.3 Å². The number of carbonyl (C=O) groups is 1. The average molecular weight is 419 g/mol. The third-order valence-electron chi connectivity index (χ3n) is 5.43. The Morgan fingerprint density at radius 1 is 1.32 bits per heavy atom. The second kappa shape index (κ2) is 7.72. The van der Waals surface area contributed by atoms with Gasteiger partial charge < -0.3 is 11.1 Å². The lowest BCUT2D eigenvalue weighted by Crippen LogP contribution is -2.43. The van der Waals surface area contributed by atoms with E-state index in [-0.39, 0.29) is 23.3 Å². The number of benzene rings is 1. The largest absolute Gasteiger partial charge is 0.379 e. The first kappa shape index (κ1) is 19.2. The molecule has 2 unspecified atom stereocenters. The lowest BCUT2D eigenvalue weighted by atomic mass is 9.69. The van der Waals surface area contributed by atoms with Crippen molar-refractivity contribution in [2.45, 2.75) is 31.2 Å². The number of rotatable bonds is 3. The van der Waals surface area contributed by atoms with Gasteiger partial charge in [-0.05, 0) is 49.1 Å². The summed E-state index contributed by atoms with van der Waals surface area (Å²) in [5, 5.41) is 3.74. The molecule has 1 amide bonds. The third-order valence-corrected chi connectivity index (χ3v) is 6.61. The molecule has 1 fully saturated rings. The fraction of sp³-hybridized carbons (Fsp3) is 0.350. The normalized spacial score (nSPS) is 24.2. The second-order valence-corrected chi connectivity index (χ2v) is 8.62. The predicted octanol–water partition coefficient (Wildman–Crippen LogP) is 4.57. The Morgan fingerprint density at radius 3 is 2.96 bits per heavy atom. The maximum absolute atomic E-state index is 14.9. The summed E-state index contributed by atoms with van der Waals surface area (Å²) in [6, 6.07) is 7.76. The Hall–Kier alpha value is -2.12. The highest BCUT2D eigenvalue weighted by Crippen LogP contribution is 2.50. The van der Waals surface area contributed by atoms with Crippen LogP contribution < -0.4 is 11.1 Å². The van der Waals surface area contributed by atoms with Crippen LogP contribution in [0, 0.1) is 11.7 Å². The summed E-state index contributed by atoms with van der Waals surface area (Å²) in [6.07, 6.45) is 5.25. The number of pyridine rings is 1. The van der Waals surface area contributed by atoms with Gasteiger partial charge in [0.25, 0.3) is 5.91 Å². The van der Waals surface area contributed by atoms with E-state index in [0.29, 0.717) is 21.4 Å². The van der Waals surface area contributed by atoms with Crippen molar-refractivity contribution < 1.29 is 9.18 Å². The van der Waals surface area contributed by atoms with Gasteiger partial charge in [0.1, 0.15) is 11.5 Å². The number of nitrogens with one attached hydrogen (secondary N) is 1. The van der Waals surface area contributed by atoms with Gasteiger partial charge in [0.15, 0.2) is 5.17 Å². The number of halogens is 2. The van der Waals surface area contributed by atoms with E-state index in [9.17, 15) is 9.18 Å². The van der Waals surface area contributed by atoms with Gasteiger partial charge in [0.05, 0.1) is 10.6 Å². The highest BCUT2D eigenvalue weighted by Gasteiger charge is 2.46. The molecule has 146 valence electrons. The monoisotopic (exact) mass is 418 g/mol. The smallest absolute Gasteiger partial charge is 0.274 e. The fourth-order valence-corrected chi connectivity index (χ4v) is 5.22. The summed E-state index contributed by atoms with van der Waals surface area (Å²) in [7, 11) is 0. The Balaban J connectivity index is 1.68. The van der Waals surface area contributed by atoms with Crippen LogP contribution in [0.4, 0.5) is 10.1 Å². The summed E-state index contributed by atoms with van der Waals surface area (Å²) in [4.78, 5) is 21.2. The van der Waals surface area contributed by atoms with Gasteiger partial charge in [0.2, 0.25) is 0 Å². The van der Waals surface area contributed by atoms with Crippen LogP contribution >= 0.6 is 23.4 Å². The van der Waals surface area contributed by atoms with Gasteiger partial charge in [-0.15, -0.1) is 0 Å². The number of amidine groups is 1. The molecule has 5 nitrogen and oxygen atoms in total. The first-order valence-corrected chi connectivity index (χ1v) is 10.6. The third kappa shape index (κ3) is 3.61. The standard InChI is InChI=1S/C20H20ClFN4OS/c21-13-4-7-17(24-10-13)18(27)25-14-5-6-16(22)15(9-14)20-8-2-1-3-12(20)11-28-19(23)26-20/h4-7,9-10,12H,1-3,8,11H2,(H2,23,26)(H,25,27). The molecule has 1 aromatic heterocycles. The van der Waals surface area contributed by atoms with Crippen LogP contribution in [-0.2, 0) is 5.54 Å². The fourth-order valence-electron chi connectivity index (χ4n) is 4.07. The van der Waals surface area contributed by atoms with E-state index in [1.807, 2.05) is 0 Å². The number of hydrogen-bond acceptors (Lipinski definition) is 5. The van der Waals surface area contributed by atoms with Crippen LogP contribution in [-0.4, -0.2) is 21.8 Å². The molecule has 8 heteroatoms. The summed E-state index contributed by atoms with van der Waals surface area (Å²) in [5.41, 5.74) is 6.61. The molecule has 0 spiro atoms. The second-order valence-electron chi connectivity index (χ2n) is 7.14. The van der Waals surface area contributed by atoms with Crippen molar-refractivity contribution >= 4 is 40.1 Å². The van der Waals surface area contributed by atoms with E-state index in [2.05, 4.69) is 10.3 Å². The molecular weight excluding hydrogens is 399 g/mol. The number of amides is 1. The summed E-state index contributed by atoms with van der Waals surface area (Å²) in [6.45, 7) is 0. The summed E-state index contributed by atoms with van der Waals surface area (Å²) in [5.74, 6) is 0.365. The predicted molar refractivity (Wildman–Crippen MR) is 111 cm³/mol. The zero-order chi connectivity index (χ0) is 19.7. The van der Waals surface area contributed by atoms with Crippen molar-refractivity contribution in [3.63, 3.8) is 0 Å². The molecule has 1 saturated carbocycles. The molecule has 2 heterocycles. The highest BCUT2D eigenvalue weighted by atomic mass is 35.5. The zero-order valence-corrected chi connectivity index (χ0v) is 16.7. The Kier molecular flexibility index (Phi) is 5.29. The maximum Gasteiger partial charge on any atom is 0.274 e. The average Bonchev–Trinajstić information content (AvgIpc) is 2.69. The first-order valence-electron chi connectivity index (χ1n) is 9.19. The van der Waals surface area contributed by atoms with Crippen molar-refractivity contribution in [3.05, 3.63) is 58.6 Å². The van der Waals surface area contributed by atoms with Crippen molar-refractivity contribution in [2.24, 2.45) is 16.6 Å². The van der Waals surface area contributed by atoms with Crippen molar-refractivity contribution in [3.8, 4) is 0 Å². The summed E-state index contributed by atoms with van der Waals surface area (Å²) < 4.78 is 14.9. The van der Waals surface area contributed by atoms with Crippen LogP contribution in [0.5, 0.6) is 0 Å². The van der Waals surface area contributed by atoms with E-state index >= 15 is 0 Å². The zero-order valence-electron chi connectivity index (χ0n) is 15.1. The van der Waals surface area contributed by atoms with Gasteiger partial charge >= 0.3 is 0 Å². The first-order chi connectivity index (χ1) is 13.5. The van der Waals surface area contributed by atoms with Crippen LogP contribution in [0.3, 0.4) is 0 Å². The molecule has 2 aromatic rings. The number of aliphatic imine (C=N–C) groups is 1. The minimum Gasteiger partial charge on any atom is -0.379 e. The molecular formula is C20H20ClFN4OS. The molecule has 4 rings (SSSR count). The number of carbonyl (C=O) groups excluding carboxylic acids is 1. The number of anilines is 1. The van der Waals surface area contributed by atoms with Gasteiger partial charge in [-0.3, -0.25) is 9.79 Å². The maximum atomic E-state index is 14.9. The lowest BCUT2D eigenvalue weighted by Gasteiger charge is -2.44. The summed E-state index contributed by atoms with van der Waals surface area (Å²) >= 11 is 7.35. The number of thioether (sulfide) groups is 1. The SMILES string of the molecule is NC1=NC2(c3cc(NC(=O)c4ccc(Cl)cn4)ccc3F)CCCCC2CS1. The van der Waals surface area contributed by atoms with Crippen molar-refractivity contribution in [2.75, 3.05) is 11.1 Å². The highest BCUT2D eigenvalue weighted by molar-refractivity contribution is 8.13.